The van der Waals surface area contributed by atoms with E-state index in [1.807, 2.05) is 0 Å². The highest BCUT2D eigenvalue weighted by Crippen LogP contribution is 2.32. The molecule has 3 rings (SSSR count). The number of likely N-dealkylation sites (N-methyl/N-ethyl adjacent to an activating group) is 1. The van der Waals surface area contributed by atoms with Crippen molar-refractivity contribution in [3.63, 3.8) is 0 Å². The third kappa shape index (κ3) is 5.48. The Kier molecular flexibility index (Phi) is 7.74. The van der Waals surface area contributed by atoms with Crippen molar-refractivity contribution in [3.05, 3.63) is 35.9 Å². The first-order valence-electron chi connectivity index (χ1n) is 11.1. The summed E-state index contributed by atoms with van der Waals surface area (Å²) < 4.78 is 0. The third-order valence-electron chi connectivity index (χ3n) is 6.43. The number of benzene rings is 1. The number of piperazine rings is 1. The number of hydrogen-bond donors (Lipinski definition) is 1. The lowest BCUT2D eigenvalue weighted by molar-refractivity contribution is 0.122. The lowest BCUT2D eigenvalue weighted by Crippen LogP contribution is -2.50. The maximum atomic E-state index is 5.04. The molecule has 2 saturated heterocycles. The largest absolute Gasteiger partial charge is 0.357 e. The van der Waals surface area contributed by atoms with Crippen molar-refractivity contribution in [1.29, 1.82) is 0 Å². The zero-order valence-electron chi connectivity index (χ0n) is 18.3. The molecule has 5 nitrogen and oxygen atoms in total. The fourth-order valence-corrected chi connectivity index (χ4v) is 4.56. The Morgan fingerprint density at radius 2 is 1.86 bits per heavy atom. The van der Waals surface area contributed by atoms with E-state index in [4.69, 9.17) is 4.99 Å². The van der Waals surface area contributed by atoms with E-state index >= 15 is 0 Å². The van der Waals surface area contributed by atoms with Gasteiger partial charge in [0.2, 0.25) is 0 Å². The van der Waals surface area contributed by atoms with Crippen molar-refractivity contribution >= 4 is 5.96 Å². The molecule has 3 unspecified atom stereocenters. The summed E-state index contributed by atoms with van der Waals surface area (Å²) in [4.78, 5) is 12.5. The van der Waals surface area contributed by atoms with E-state index in [9.17, 15) is 0 Å². The molecule has 3 atom stereocenters. The van der Waals surface area contributed by atoms with Gasteiger partial charge in [0.05, 0.1) is 6.54 Å². The molecule has 0 spiro atoms. The zero-order chi connectivity index (χ0) is 19.9. The molecule has 2 aliphatic heterocycles. The Morgan fingerprint density at radius 1 is 1.14 bits per heavy atom. The summed E-state index contributed by atoms with van der Waals surface area (Å²) in [7, 11) is 2.21. The number of nitrogens with zero attached hydrogens (tertiary/aromatic N) is 4. The normalized spacial score (nSPS) is 26.3. The zero-order valence-corrected chi connectivity index (χ0v) is 18.3. The van der Waals surface area contributed by atoms with Gasteiger partial charge in [0.1, 0.15) is 0 Å². The molecular formula is C23H39N5. The Balaban J connectivity index is 1.58. The second-order valence-corrected chi connectivity index (χ2v) is 8.61. The summed E-state index contributed by atoms with van der Waals surface area (Å²) in [6, 6.07) is 11.5. The van der Waals surface area contributed by atoms with Crippen LogP contribution >= 0.6 is 0 Å². The summed E-state index contributed by atoms with van der Waals surface area (Å²) in [5.74, 6) is 2.39. The standard InChI is InChI=1S/C23H39N5/c1-5-24-23(25-17-20(3)27-15-13-26(4)14-16-27)28-12-11-22(19(2)18-28)21-9-7-6-8-10-21/h6-10,19-20,22H,5,11-18H2,1-4H3,(H,24,25). The van der Waals surface area contributed by atoms with E-state index in [0.29, 0.717) is 17.9 Å². The number of piperidine rings is 1. The first-order chi connectivity index (χ1) is 13.6. The highest BCUT2D eigenvalue weighted by atomic mass is 15.3. The lowest BCUT2D eigenvalue weighted by atomic mass is 9.82. The van der Waals surface area contributed by atoms with Crippen LogP contribution in [0.4, 0.5) is 0 Å². The molecule has 2 heterocycles. The van der Waals surface area contributed by atoms with Crippen LogP contribution in [0.1, 0.15) is 38.7 Å². The van der Waals surface area contributed by atoms with Crippen molar-refractivity contribution < 1.29 is 0 Å². The van der Waals surface area contributed by atoms with Gasteiger partial charge in [-0.25, -0.2) is 0 Å². The van der Waals surface area contributed by atoms with Crippen molar-refractivity contribution in [3.8, 4) is 0 Å². The minimum atomic E-state index is 0.502. The molecule has 0 saturated carbocycles. The first-order valence-corrected chi connectivity index (χ1v) is 11.1. The van der Waals surface area contributed by atoms with Crippen LogP contribution in [0.25, 0.3) is 0 Å². The predicted octanol–water partition coefficient (Wildman–Crippen LogP) is 2.71. The molecule has 1 N–H and O–H groups in total. The number of aliphatic imine (C=N–C) groups is 1. The average Bonchev–Trinajstić information content (AvgIpc) is 2.72. The van der Waals surface area contributed by atoms with Crippen LogP contribution in [0.15, 0.2) is 35.3 Å². The Hall–Kier alpha value is -1.59. The van der Waals surface area contributed by atoms with Gasteiger partial charge in [0.25, 0.3) is 0 Å². The molecule has 2 aliphatic rings. The molecule has 28 heavy (non-hydrogen) atoms. The second-order valence-electron chi connectivity index (χ2n) is 8.61. The molecule has 0 aliphatic carbocycles. The Labute approximate surface area is 171 Å². The molecule has 1 aromatic carbocycles. The molecular weight excluding hydrogens is 346 g/mol. The van der Waals surface area contributed by atoms with E-state index in [1.165, 1.54) is 25.1 Å². The van der Waals surface area contributed by atoms with Gasteiger partial charge in [-0.05, 0) is 44.7 Å². The molecule has 0 amide bonds. The van der Waals surface area contributed by atoms with Crippen molar-refractivity contribution in [2.75, 3.05) is 59.4 Å². The van der Waals surface area contributed by atoms with Gasteiger partial charge < -0.3 is 15.1 Å². The predicted molar refractivity (Wildman–Crippen MR) is 119 cm³/mol. The summed E-state index contributed by atoms with van der Waals surface area (Å²) in [6.45, 7) is 15.5. The van der Waals surface area contributed by atoms with Crippen LogP contribution < -0.4 is 5.32 Å². The Bertz CT molecular complexity index is 609. The van der Waals surface area contributed by atoms with Gasteiger partial charge in [-0.3, -0.25) is 9.89 Å². The molecule has 0 bridgehead atoms. The lowest BCUT2D eigenvalue weighted by Gasteiger charge is -2.39. The van der Waals surface area contributed by atoms with Gasteiger partial charge >= 0.3 is 0 Å². The van der Waals surface area contributed by atoms with Gasteiger partial charge in [0, 0.05) is 51.9 Å². The molecule has 0 aromatic heterocycles. The molecule has 156 valence electrons. The number of nitrogens with one attached hydrogen (secondary N) is 1. The maximum absolute atomic E-state index is 5.04. The third-order valence-corrected chi connectivity index (χ3v) is 6.43. The van der Waals surface area contributed by atoms with Gasteiger partial charge in [-0.1, -0.05) is 37.3 Å². The van der Waals surface area contributed by atoms with Crippen molar-refractivity contribution in [2.45, 2.75) is 39.2 Å². The quantitative estimate of drug-likeness (QED) is 0.624. The van der Waals surface area contributed by atoms with E-state index < -0.39 is 0 Å². The smallest absolute Gasteiger partial charge is 0.193 e. The van der Waals surface area contributed by atoms with Crippen LogP contribution in [-0.2, 0) is 0 Å². The topological polar surface area (TPSA) is 34.1 Å². The number of guanidine groups is 1. The van der Waals surface area contributed by atoms with E-state index in [0.717, 1.165) is 45.2 Å². The fourth-order valence-electron chi connectivity index (χ4n) is 4.56. The first kappa shape index (κ1) is 21.1. The summed E-state index contributed by atoms with van der Waals surface area (Å²) >= 11 is 0. The molecule has 1 aromatic rings. The van der Waals surface area contributed by atoms with E-state index in [-0.39, 0.29) is 0 Å². The fraction of sp³-hybridized carbons (Fsp3) is 0.696. The summed E-state index contributed by atoms with van der Waals surface area (Å²) in [5, 5.41) is 3.54. The minimum absolute atomic E-state index is 0.502. The molecule has 2 fully saturated rings. The number of hydrogen-bond acceptors (Lipinski definition) is 3. The average molecular weight is 386 g/mol. The molecule has 0 radical (unpaired) electrons. The summed E-state index contributed by atoms with van der Waals surface area (Å²) in [5.41, 5.74) is 1.49. The SMILES string of the molecule is CCNC(=NCC(C)N1CCN(C)CC1)N1CCC(c2ccccc2)C(C)C1. The highest BCUT2D eigenvalue weighted by molar-refractivity contribution is 5.80. The van der Waals surface area contributed by atoms with Crippen molar-refractivity contribution in [1.82, 2.24) is 20.0 Å². The van der Waals surface area contributed by atoms with Gasteiger partial charge in [0.15, 0.2) is 5.96 Å². The number of rotatable bonds is 5. The van der Waals surface area contributed by atoms with Gasteiger partial charge in [-0.15, -0.1) is 0 Å². The Morgan fingerprint density at radius 3 is 2.50 bits per heavy atom. The minimum Gasteiger partial charge on any atom is -0.357 e. The van der Waals surface area contributed by atoms with Crippen molar-refractivity contribution in [2.24, 2.45) is 10.9 Å². The van der Waals surface area contributed by atoms with Crippen LogP contribution in [0.3, 0.4) is 0 Å². The van der Waals surface area contributed by atoms with Crippen LogP contribution in [0, 0.1) is 5.92 Å². The molecule has 5 heteroatoms. The number of likely N-dealkylation sites (tertiary alicyclic amines) is 1. The van der Waals surface area contributed by atoms with E-state index in [2.05, 4.69) is 78.2 Å². The highest BCUT2D eigenvalue weighted by Gasteiger charge is 2.29. The van der Waals surface area contributed by atoms with E-state index in [1.54, 1.807) is 0 Å². The maximum Gasteiger partial charge on any atom is 0.193 e. The second kappa shape index (κ2) is 10.3. The van der Waals surface area contributed by atoms with Crippen LogP contribution in [0.5, 0.6) is 0 Å². The summed E-state index contributed by atoms with van der Waals surface area (Å²) in [6.07, 6.45) is 1.20. The van der Waals surface area contributed by atoms with Crippen LogP contribution in [0.2, 0.25) is 0 Å². The van der Waals surface area contributed by atoms with Crippen LogP contribution in [-0.4, -0.2) is 86.1 Å². The monoisotopic (exact) mass is 385 g/mol. The van der Waals surface area contributed by atoms with Gasteiger partial charge in [-0.2, -0.15) is 0 Å².